The Morgan fingerprint density at radius 1 is 1.58 bits per heavy atom. The van der Waals surface area contributed by atoms with E-state index in [0.29, 0.717) is 12.8 Å². The van der Waals surface area contributed by atoms with E-state index in [1.165, 1.54) is 0 Å². The summed E-state index contributed by atoms with van der Waals surface area (Å²) in [5.74, 6) is 0. The highest BCUT2D eigenvalue weighted by molar-refractivity contribution is 4.76. The van der Waals surface area contributed by atoms with Crippen molar-refractivity contribution in [3.63, 3.8) is 0 Å². The van der Waals surface area contributed by atoms with Gasteiger partial charge in [0.1, 0.15) is 12.3 Å². The molecule has 0 aliphatic carbocycles. The normalized spacial score (nSPS) is 35.7. The standard InChI is InChI=1S/C6H11N3O3/c7-9-8-6-2-1-4(11)5(3-10)12-6/h4-6,10-11H,1-3H2/t4-,5+,6-/m0/s1. The summed E-state index contributed by atoms with van der Waals surface area (Å²) in [5.41, 5.74) is 8.10. The molecule has 1 aliphatic rings. The van der Waals surface area contributed by atoms with Crippen molar-refractivity contribution in [3.05, 3.63) is 10.4 Å². The van der Waals surface area contributed by atoms with Gasteiger partial charge in [-0.05, 0) is 18.4 Å². The number of aliphatic hydroxyl groups excluding tert-OH is 2. The molecule has 0 saturated carbocycles. The van der Waals surface area contributed by atoms with Crippen LogP contribution in [-0.2, 0) is 4.74 Å². The summed E-state index contributed by atoms with van der Waals surface area (Å²) in [5, 5.41) is 21.3. The van der Waals surface area contributed by atoms with Gasteiger partial charge in [-0.2, -0.15) is 0 Å². The molecule has 1 fully saturated rings. The van der Waals surface area contributed by atoms with E-state index in [1.54, 1.807) is 0 Å². The summed E-state index contributed by atoms with van der Waals surface area (Å²) in [7, 11) is 0. The fourth-order valence-electron chi connectivity index (χ4n) is 1.17. The van der Waals surface area contributed by atoms with E-state index >= 15 is 0 Å². The van der Waals surface area contributed by atoms with Crippen LogP contribution in [0.15, 0.2) is 5.11 Å². The topological polar surface area (TPSA) is 98.5 Å². The maximum Gasteiger partial charge on any atom is 0.137 e. The van der Waals surface area contributed by atoms with E-state index in [0.717, 1.165) is 0 Å². The second kappa shape index (κ2) is 4.27. The third kappa shape index (κ3) is 2.09. The van der Waals surface area contributed by atoms with Crippen LogP contribution < -0.4 is 0 Å². The van der Waals surface area contributed by atoms with Crippen LogP contribution in [0.4, 0.5) is 0 Å². The summed E-state index contributed by atoms with van der Waals surface area (Å²) < 4.78 is 5.07. The molecule has 0 spiro atoms. The maximum absolute atomic E-state index is 9.24. The minimum atomic E-state index is -0.653. The minimum Gasteiger partial charge on any atom is -0.394 e. The summed E-state index contributed by atoms with van der Waals surface area (Å²) in [6, 6.07) is 0. The number of aliphatic hydroxyl groups is 2. The number of nitrogens with zero attached hydrogens (tertiary/aromatic N) is 3. The van der Waals surface area contributed by atoms with Gasteiger partial charge in [-0.15, -0.1) is 0 Å². The van der Waals surface area contributed by atoms with Gasteiger partial charge in [-0.1, -0.05) is 5.11 Å². The van der Waals surface area contributed by atoms with Crippen molar-refractivity contribution in [1.82, 2.24) is 0 Å². The van der Waals surface area contributed by atoms with Crippen LogP contribution in [0.1, 0.15) is 12.8 Å². The van der Waals surface area contributed by atoms with Crippen LogP contribution in [0.5, 0.6) is 0 Å². The van der Waals surface area contributed by atoms with Gasteiger partial charge in [-0.3, -0.25) is 0 Å². The van der Waals surface area contributed by atoms with Gasteiger partial charge in [0.25, 0.3) is 0 Å². The Balaban J connectivity index is 2.49. The number of ether oxygens (including phenoxy) is 1. The van der Waals surface area contributed by atoms with Crippen molar-refractivity contribution in [2.24, 2.45) is 5.11 Å². The molecule has 0 amide bonds. The van der Waals surface area contributed by atoms with E-state index in [2.05, 4.69) is 10.0 Å². The highest BCUT2D eigenvalue weighted by Crippen LogP contribution is 2.20. The number of hydrogen-bond acceptors (Lipinski definition) is 4. The predicted octanol–water partition coefficient (Wildman–Crippen LogP) is 0.155. The molecule has 68 valence electrons. The monoisotopic (exact) mass is 173 g/mol. The third-order valence-corrected chi connectivity index (χ3v) is 1.83. The molecule has 0 radical (unpaired) electrons. The van der Waals surface area contributed by atoms with Crippen molar-refractivity contribution >= 4 is 0 Å². The molecule has 0 aromatic rings. The van der Waals surface area contributed by atoms with Crippen molar-refractivity contribution in [3.8, 4) is 0 Å². The second-order valence-corrected chi connectivity index (χ2v) is 2.66. The lowest BCUT2D eigenvalue weighted by Crippen LogP contribution is -2.40. The Kier molecular flexibility index (Phi) is 3.31. The van der Waals surface area contributed by atoms with Gasteiger partial charge >= 0.3 is 0 Å². The van der Waals surface area contributed by atoms with E-state index in [9.17, 15) is 5.11 Å². The van der Waals surface area contributed by atoms with Gasteiger partial charge < -0.3 is 14.9 Å². The molecule has 0 unspecified atom stereocenters. The van der Waals surface area contributed by atoms with E-state index in [4.69, 9.17) is 15.4 Å². The summed E-state index contributed by atoms with van der Waals surface area (Å²) in [6.45, 7) is -0.251. The first-order chi connectivity index (χ1) is 5.77. The van der Waals surface area contributed by atoms with Crippen molar-refractivity contribution in [2.75, 3.05) is 6.61 Å². The zero-order valence-corrected chi connectivity index (χ0v) is 6.50. The molecular weight excluding hydrogens is 162 g/mol. The first-order valence-electron chi connectivity index (χ1n) is 3.76. The van der Waals surface area contributed by atoms with Crippen LogP contribution in [0.3, 0.4) is 0 Å². The molecule has 3 atom stereocenters. The smallest absolute Gasteiger partial charge is 0.137 e. The SMILES string of the molecule is [N-]=[N+]=N[C@@H]1CC[C@H](O)[C@@H](CO)O1. The van der Waals surface area contributed by atoms with Gasteiger partial charge in [0.2, 0.25) is 0 Å². The predicted molar refractivity (Wildman–Crippen MR) is 40.1 cm³/mol. The van der Waals surface area contributed by atoms with E-state index < -0.39 is 18.4 Å². The lowest BCUT2D eigenvalue weighted by Gasteiger charge is -2.30. The van der Waals surface area contributed by atoms with Gasteiger partial charge in [0.15, 0.2) is 0 Å². The summed E-state index contributed by atoms with van der Waals surface area (Å²) in [4.78, 5) is 2.59. The quantitative estimate of drug-likeness (QED) is 0.353. The largest absolute Gasteiger partial charge is 0.394 e. The molecule has 12 heavy (non-hydrogen) atoms. The lowest BCUT2D eigenvalue weighted by atomic mass is 10.1. The summed E-state index contributed by atoms with van der Waals surface area (Å²) >= 11 is 0. The van der Waals surface area contributed by atoms with Gasteiger partial charge in [0.05, 0.1) is 12.7 Å². The lowest BCUT2D eigenvalue weighted by molar-refractivity contribution is -0.131. The molecule has 2 N–H and O–H groups in total. The highest BCUT2D eigenvalue weighted by Gasteiger charge is 2.28. The third-order valence-electron chi connectivity index (χ3n) is 1.83. The molecule has 1 saturated heterocycles. The fourth-order valence-corrected chi connectivity index (χ4v) is 1.17. The number of azide groups is 1. The van der Waals surface area contributed by atoms with Crippen molar-refractivity contribution in [2.45, 2.75) is 31.3 Å². The number of rotatable bonds is 2. The molecule has 0 aromatic heterocycles. The second-order valence-electron chi connectivity index (χ2n) is 2.66. The summed E-state index contributed by atoms with van der Waals surface area (Å²) in [6.07, 6.45) is -0.818. The van der Waals surface area contributed by atoms with Crippen molar-refractivity contribution < 1.29 is 14.9 Å². The minimum absolute atomic E-state index is 0.251. The molecule has 0 bridgehead atoms. The first-order valence-corrected chi connectivity index (χ1v) is 3.76. The zero-order chi connectivity index (χ0) is 8.97. The molecule has 6 heteroatoms. The molecule has 6 nitrogen and oxygen atoms in total. The Labute approximate surface area is 69.4 Å². The Bertz CT molecular complexity index is 192. The number of hydrogen-bond donors (Lipinski definition) is 2. The fraction of sp³-hybridized carbons (Fsp3) is 1.00. The zero-order valence-electron chi connectivity index (χ0n) is 6.50. The van der Waals surface area contributed by atoms with Crippen LogP contribution in [0.2, 0.25) is 0 Å². The van der Waals surface area contributed by atoms with Crippen molar-refractivity contribution in [1.29, 1.82) is 0 Å². The maximum atomic E-state index is 9.24. The van der Waals surface area contributed by atoms with Crippen LogP contribution in [0.25, 0.3) is 10.4 Å². The van der Waals surface area contributed by atoms with Gasteiger partial charge in [0, 0.05) is 4.91 Å². The highest BCUT2D eigenvalue weighted by atomic mass is 16.5. The molecule has 1 aliphatic heterocycles. The average Bonchev–Trinajstić information content (AvgIpc) is 2.09. The van der Waals surface area contributed by atoms with Crippen LogP contribution >= 0.6 is 0 Å². The first kappa shape index (κ1) is 9.28. The molecular formula is C6H11N3O3. The van der Waals surface area contributed by atoms with Gasteiger partial charge in [-0.25, -0.2) is 0 Å². The Morgan fingerprint density at radius 3 is 2.92 bits per heavy atom. The van der Waals surface area contributed by atoms with E-state index in [1.807, 2.05) is 0 Å². The molecule has 1 heterocycles. The Hall–Kier alpha value is -0.810. The molecule has 1 rings (SSSR count). The average molecular weight is 173 g/mol. The van der Waals surface area contributed by atoms with Crippen LogP contribution in [0, 0.1) is 0 Å². The van der Waals surface area contributed by atoms with Crippen LogP contribution in [-0.4, -0.2) is 35.3 Å². The van der Waals surface area contributed by atoms with E-state index in [-0.39, 0.29) is 6.61 Å². The molecule has 0 aromatic carbocycles. The Morgan fingerprint density at radius 2 is 2.33 bits per heavy atom.